The van der Waals surface area contributed by atoms with Gasteiger partial charge in [-0.25, -0.2) is 8.78 Å². The molecule has 0 amide bonds. The van der Waals surface area contributed by atoms with E-state index in [2.05, 4.69) is 20.3 Å². The number of hydrogen-bond acceptors (Lipinski definition) is 5. The summed E-state index contributed by atoms with van der Waals surface area (Å²) in [5.41, 5.74) is 0. The van der Waals surface area contributed by atoms with Crippen LogP contribution in [0.3, 0.4) is 0 Å². The maximum atomic E-state index is 13.6. The van der Waals surface area contributed by atoms with E-state index in [4.69, 9.17) is 11.6 Å². The van der Waals surface area contributed by atoms with Crippen LogP contribution < -0.4 is 5.32 Å². The van der Waals surface area contributed by atoms with Crippen molar-refractivity contribution in [1.82, 2.24) is 15.0 Å². The minimum absolute atomic E-state index is 0.0172. The largest absolute Gasteiger partial charge is 0.354 e. The third-order valence-corrected chi connectivity index (χ3v) is 3.30. The van der Waals surface area contributed by atoms with Gasteiger partial charge in [0.25, 0.3) is 0 Å². The summed E-state index contributed by atoms with van der Waals surface area (Å²) in [4.78, 5) is 12.2. The Morgan fingerprint density at radius 3 is 2.75 bits per heavy atom. The molecule has 8 heteroatoms. The molecule has 106 valence electrons. The third-order valence-electron chi connectivity index (χ3n) is 2.22. The molecule has 0 fully saturated rings. The molecule has 1 aromatic heterocycles. The van der Waals surface area contributed by atoms with Crippen LogP contribution in [0.25, 0.3) is 0 Å². The number of rotatable bonds is 5. The zero-order chi connectivity index (χ0) is 14.5. The maximum Gasteiger partial charge on any atom is 0.228 e. The quantitative estimate of drug-likeness (QED) is 0.909. The third kappa shape index (κ3) is 4.01. The van der Waals surface area contributed by atoms with Crippen molar-refractivity contribution in [1.29, 1.82) is 0 Å². The lowest BCUT2D eigenvalue weighted by atomic mass is 10.3. The van der Waals surface area contributed by atoms with Crippen LogP contribution in [0.2, 0.25) is 5.28 Å². The first kappa shape index (κ1) is 14.9. The monoisotopic (exact) mass is 316 g/mol. The van der Waals surface area contributed by atoms with E-state index in [9.17, 15) is 8.78 Å². The summed E-state index contributed by atoms with van der Waals surface area (Å²) in [7, 11) is 0. The van der Waals surface area contributed by atoms with E-state index in [1.54, 1.807) is 0 Å². The highest BCUT2D eigenvalue weighted by atomic mass is 35.5. The number of hydrogen-bond donors (Lipinski definition) is 1. The Bertz CT molecular complexity index is 612. The van der Waals surface area contributed by atoms with Gasteiger partial charge in [-0.05, 0) is 41.9 Å². The molecule has 0 bridgehead atoms. The second-order valence-corrected chi connectivity index (χ2v) is 5.16. The van der Waals surface area contributed by atoms with Crippen LogP contribution in [0, 0.1) is 11.6 Å². The van der Waals surface area contributed by atoms with Gasteiger partial charge in [-0.2, -0.15) is 15.0 Å². The number of anilines is 1. The van der Waals surface area contributed by atoms with E-state index >= 15 is 0 Å². The van der Waals surface area contributed by atoms with Crippen molar-refractivity contribution in [3.8, 4) is 0 Å². The number of halogens is 3. The molecular weight excluding hydrogens is 306 g/mol. The zero-order valence-electron chi connectivity index (χ0n) is 10.5. The SMILES string of the molecule is CCCNc1nc(Cl)nc(Sc2ccc(F)cc2F)n1. The molecule has 0 spiro atoms. The fourth-order valence-corrected chi connectivity index (χ4v) is 2.31. The maximum absolute atomic E-state index is 13.6. The summed E-state index contributed by atoms with van der Waals surface area (Å²) >= 11 is 6.75. The van der Waals surface area contributed by atoms with Crippen LogP contribution in [0.4, 0.5) is 14.7 Å². The van der Waals surface area contributed by atoms with E-state index in [-0.39, 0.29) is 15.3 Å². The Labute approximate surface area is 124 Å². The molecule has 0 radical (unpaired) electrons. The van der Waals surface area contributed by atoms with E-state index in [1.807, 2.05) is 6.92 Å². The van der Waals surface area contributed by atoms with Gasteiger partial charge in [0.05, 0.1) is 4.90 Å². The van der Waals surface area contributed by atoms with Gasteiger partial charge in [-0.3, -0.25) is 0 Å². The molecule has 0 aliphatic heterocycles. The Morgan fingerprint density at radius 1 is 1.25 bits per heavy atom. The summed E-state index contributed by atoms with van der Waals surface area (Å²) in [6.07, 6.45) is 0.901. The first-order chi connectivity index (χ1) is 9.58. The van der Waals surface area contributed by atoms with Gasteiger partial charge in [-0.1, -0.05) is 6.92 Å². The number of benzene rings is 1. The minimum atomic E-state index is -0.672. The van der Waals surface area contributed by atoms with Crippen molar-refractivity contribution in [2.24, 2.45) is 0 Å². The molecule has 0 unspecified atom stereocenters. The number of nitrogens with one attached hydrogen (secondary N) is 1. The van der Waals surface area contributed by atoms with Crippen LogP contribution in [0.1, 0.15) is 13.3 Å². The van der Waals surface area contributed by atoms with Crippen molar-refractivity contribution < 1.29 is 8.78 Å². The fraction of sp³-hybridized carbons (Fsp3) is 0.250. The Morgan fingerprint density at radius 2 is 2.05 bits per heavy atom. The summed E-state index contributed by atoms with van der Waals surface area (Å²) in [6, 6.07) is 3.30. The number of nitrogens with zero attached hydrogens (tertiary/aromatic N) is 3. The molecule has 1 N–H and O–H groups in total. The summed E-state index contributed by atoms with van der Waals surface area (Å²) in [5.74, 6) is -0.975. The van der Waals surface area contributed by atoms with Crippen LogP contribution in [-0.4, -0.2) is 21.5 Å². The number of aromatic nitrogens is 3. The van der Waals surface area contributed by atoms with E-state index in [1.165, 1.54) is 12.1 Å². The predicted molar refractivity (Wildman–Crippen MR) is 74.1 cm³/mol. The van der Waals surface area contributed by atoms with Crippen molar-refractivity contribution in [2.75, 3.05) is 11.9 Å². The van der Waals surface area contributed by atoms with Crippen LogP contribution in [0.5, 0.6) is 0 Å². The molecule has 0 atom stereocenters. The first-order valence-corrected chi connectivity index (χ1v) is 7.06. The van der Waals surface area contributed by atoms with Crippen LogP contribution in [0.15, 0.2) is 28.3 Å². The molecule has 1 heterocycles. The smallest absolute Gasteiger partial charge is 0.228 e. The minimum Gasteiger partial charge on any atom is -0.354 e. The van der Waals surface area contributed by atoms with Crippen molar-refractivity contribution in [3.05, 3.63) is 35.1 Å². The highest BCUT2D eigenvalue weighted by Gasteiger charge is 2.10. The van der Waals surface area contributed by atoms with Crippen LogP contribution >= 0.6 is 23.4 Å². The predicted octanol–water partition coefficient (Wildman–Crippen LogP) is 3.78. The van der Waals surface area contributed by atoms with E-state index < -0.39 is 11.6 Å². The second kappa shape index (κ2) is 6.81. The van der Waals surface area contributed by atoms with Gasteiger partial charge in [0.1, 0.15) is 11.6 Å². The summed E-state index contributed by atoms with van der Waals surface area (Å²) in [5, 5.41) is 3.23. The Kier molecular flexibility index (Phi) is 5.08. The lowest BCUT2D eigenvalue weighted by molar-refractivity contribution is 0.565. The van der Waals surface area contributed by atoms with Gasteiger partial charge in [-0.15, -0.1) is 0 Å². The second-order valence-electron chi connectivity index (χ2n) is 3.81. The Hall–Kier alpha value is -1.47. The normalized spacial score (nSPS) is 10.6. The van der Waals surface area contributed by atoms with Gasteiger partial charge in [0, 0.05) is 12.6 Å². The van der Waals surface area contributed by atoms with Crippen molar-refractivity contribution in [2.45, 2.75) is 23.4 Å². The molecule has 0 saturated heterocycles. The average molecular weight is 317 g/mol. The molecule has 2 aromatic rings. The fourth-order valence-electron chi connectivity index (χ4n) is 1.35. The molecule has 0 saturated carbocycles. The molecular formula is C12H11ClF2N4S. The molecule has 4 nitrogen and oxygen atoms in total. The van der Waals surface area contributed by atoms with Gasteiger partial charge < -0.3 is 5.32 Å². The molecule has 2 rings (SSSR count). The highest BCUT2D eigenvalue weighted by molar-refractivity contribution is 7.99. The van der Waals surface area contributed by atoms with Gasteiger partial charge in [0.2, 0.25) is 11.2 Å². The topological polar surface area (TPSA) is 50.7 Å². The zero-order valence-corrected chi connectivity index (χ0v) is 12.1. The average Bonchev–Trinajstić information content (AvgIpc) is 2.39. The highest BCUT2D eigenvalue weighted by Crippen LogP contribution is 2.28. The van der Waals surface area contributed by atoms with Gasteiger partial charge in [0.15, 0.2) is 5.16 Å². The Balaban J connectivity index is 2.21. The summed E-state index contributed by atoms with van der Waals surface area (Å²) in [6.45, 7) is 2.69. The molecule has 0 aliphatic carbocycles. The van der Waals surface area contributed by atoms with E-state index in [0.717, 1.165) is 24.2 Å². The molecule has 0 aliphatic rings. The van der Waals surface area contributed by atoms with Crippen LogP contribution in [-0.2, 0) is 0 Å². The van der Waals surface area contributed by atoms with E-state index in [0.29, 0.717) is 12.5 Å². The molecule has 1 aromatic carbocycles. The first-order valence-electron chi connectivity index (χ1n) is 5.87. The van der Waals surface area contributed by atoms with Gasteiger partial charge >= 0.3 is 0 Å². The summed E-state index contributed by atoms with van der Waals surface area (Å²) < 4.78 is 26.4. The lowest BCUT2D eigenvalue weighted by Crippen LogP contribution is -2.06. The standard InChI is InChI=1S/C12H11ClF2N4S/c1-2-5-16-11-17-10(13)18-12(19-11)20-9-4-3-7(14)6-8(9)15/h3-4,6H,2,5H2,1H3,(H,16,17,18,19). The van der Waals surface area contributed by atoms with Crippen molar-refractivity contribution >= 4 is 29.3 Å². The van der Waals surface area contributed by atoms with Crippen molar-refractivity contribution in [3.63, 3.8) is 0 Å². The lowest BCUT2D eigenvalue weighted by Gasteiger charge is -2.06. The molecule has 20 heavy (non-hydrogen) atoms.